The third-order valence-corrected chi connectivity index (χ3v) is 6.14. The maximum atomic E-state index is 12.5. The van der Waals surface area contributed by atoms with E-state index in [1.54, 1.807) is 6.20 Å². The average molecular weight is 464 g/mol. The molecule has 0 spiro atoms. The normalized spacial score (nSPS) is 10.8. The summed E-state index contributed by atoms with van der Waals surface area (Å²) in [4.78, 5) is 12.5. The lowest BCUT2D eigenvalue weighted by Gasteiger charge is -2.11. The van der Waals surface area contributed by atoms with Gasteiger partial charge in [-0.3, -0.25) is 4.79 Å². The zero-order valence-corrected chi connectivity index (χ0v) is 18.1. The van der Waals surface area contributed by atoms with Gasteiger partial charge in [-0.25, -0.2) is 0 Å². The van der Waals surface area contributed by atoms with Crippen molar-refractivity contribution in [3.63, 3.8) is 0 Å². The van der Waals surface area contributed by atoms with E-state index in [9.17, 15) is 4.79 Å². The van der Waals surface area contributed by atoms with Gasteiger partial charge in [0.2, 0.25) is 5.91 Å². The SMILES string of the molecule is Cc1ccc(NC(=O)CSc2nnccc2-c2cccc3ccccc23)c(Br)c1. The van der Waals surface area contributed by atoms with E-state index in [1.807, 2.05) is 49.4 Å². The first-order valence-corrected chi connectivity index (χ1v) is 10.9. The van der Waals surface area contributed by atoms with Crippen molar-refractivity contribution in [2.45, 2.75) is 11.9 Å². The zero-order chi connectivity index (χ0) is 20.2. The summed E-state index contributed by atoms with van der Waals surface area (Å²) in [7, 11) is 0. The molecule has 1 aromatic heterocycles. The maximum Gasteiger partial charge on any atom is 0.234 e. The summed E-state index contributed by atoms with van der Waals surface area (Å²) < 4.78 is 0.867. The zero-order valence-electron chi connectivity index (χ0n) is 15.7. The molecule has 4 nitrogen and oxygen atoms in total. The molecule has 0 aliphatic rings. The Labute approximate surface area is 181 Å². The summed E-state index contributed by atoms with van der Waals surface area (Å²) in [5.74, 6) is 0.158. The topological polar surface area (TPSA) is 54.9 Å². The Morgan fingerprint density at radius 2 is 1.86 bits per heavy atom. The molecule has 0 radical (unpaired) electrons. The quantitative estimate of drug-likeness (QED) is 0.363. The van der Waals surface area contributed by atoms with Crippen molar-refractivity contribution < 1.29 is 4.79 Å². The standard InChI is InChI=1S/C23H18BrN3OS/c1-15-9-10-21(20(24)13-15)26-22(28)14-29-23-19(11-12-25-27-23)18-8-4-6-16-5-2-3-7-17(16)18/h2-13H,14H2,1H3,(H,26,28). The molecule has 29 heavy (non-hydrogen) atoms. The molecular weight excluding hydrogens is 446 g/mol. The van der Waals surface area contributed by atoms with Crippen LogP contribution in [0.4, 0.5) is 5.69 Å². The summed E-state index contributed by atoms with van der Waals surface area (Å²) in [6, 6.07) is 22.2. The van der Waals surface area contributed by atoms with Crippen LogP contribution < -0.4 is 5.32 Å². The van der Waals surface area contributed by atoms with E-state index in [0.717, 1.165) is 37.3 Å². The third-order valence-electron chi connectivity index (χ3n) is 4.51. The molecule has 0 aliphatic heterocycles. The smallest absolute Gasteiger partial charge is 0.234 e. The number of hydrogen-bond donors (Lipinski definition) is 1. The van der Waals surface area contributed by atoms with Crippen LogP contribution in [0.15, 0.2) is 82.4 Å². The highest BCUT2D eigenvalue weighted by Crippen LogP contribution is 2.34. The van der Waals surface area contributed by atoms with Gasteiger partial charge in [0.05, 0.1) is 17.6 Å². The highest BCUT2D eigenvalue weighted by atomic mass is 79.9. The van der Waals surface area contributed by atoms with Gasteiger partial charge in [0.1, 0.15) is 5.03 Å². The molecule has 4 rings (SSSR count). The second-order valence-corrected chi connectivity index (χ2v) is 8.42. The minimum Gasteiger partial charge on any atom is -0.324 e. The first-order chi connectivity index (χ1) is 14.1. The highest BCUT2D eigenvalue weighted by Gasteiger charge is 2.13. The Bertz CT molecular complexity index is 1190. The van der Waals surface area contributed by atoms with E-state index < -0.39 is 0 Å². The molecule has 0 saturated carbocycles. The number of halogens is 1. The number of carbonyl (C=O) groups excluding carboxylic acids is 1. The molecule has 1 N–H and O–H groups in total. The molecule has 3 aromatic carbocycles. The summed E-state index contributed by atoms with van der Waals surface area (Å²) in [5.41, 5.74) is 3.95. The van der Waals surface area contributed by atoms with Crippen molar-refractivity contribution in [3.05, 3.63) is 83.0 Å². The first kappa shape index (κ1) is 19.6. The number of rotatable bonds is 5. The molecule has 0 saturated heterocycles. The Kier molecular flexibility index (Phi) is 5.92. The van der Waals surface area contributed by atoms with Crippen molar-refractivity contribution in [1.29, 1.82) is 0 Å². The van der Waals surface area contributed by atoms with Gasteiger partial charge >= 0.3 is 0 Å². The van der Waals surface area contributed by atoms with Crippen LogP contribution >= 0.6 is 27.7 Å². The van der Waals surface area contributed by atoms with E-state index in [2.05, 4.69) is 55.7 Å². The van der Waals surface area contributed by atoms with Crippen molar-refractivity contribution in [3.8, 4) is 11.1 Å². The number of hydrogen-bond acceptors (Lipinski definition) is 4. The summed E-state index contributed by atoms with van der Waals surface area (Å²) in [6.07, 6.45) is 1.69. The summed E-state index contributed by atoms with van der Waals surface area (Å²) in [5, 5.41) is 14.3. The molecule has 4 aromatic rings. The summed E-state index contributed by atoms with van der Waals surface area (Å²) >= 11 is 4.88. The van der Waals surface area contributed by atoms with Crippen molar-refractivity contribution >= 4 is 50.1 Å². The van der Waals surface area contributed by atoms with Crippen molar-refractivity contribution in [1.82, 2.24) is 10.2 Å². The van der Waals surface area contributed by atoms with E-state index in [1.165, 1.54) is 17.1 Å². The Hall–Kier alpha value is -2.70. The van der Waals surface area contributed by atoms with Crippen LogP contribution in [0.1, 0.15) is 5.56 Å². The van der Waals surface area contributed by atoms with Crippen LogP contribution in [-0.4, -0.2) is 21.9 Å². The Morgan fingerprint density at radius 3 is 2.72 bits per heavy atom. The monoisotopic (exact) mass is 463 g/mol. The van der Waals surface area contributed by atoms with Gasteiger partial charge in [0, 0.05) is 10.0 Å². The van der Waals surface area contributed by atoms with Gasteiger partial charge in [0.15, 0.2) is 0 Å². The van der Waals surface area contributed by atoms with Gasteiger partial charge in [0.25, 0.3) is 0 Å². The van der Waals surface area contributed by atoms with Gasteiger partial charge in [-0.2, -0.15) is 5.10 Å². The minimum absolute atomic E-state index is 0.0888. The predicted octanol–water partition coefficient (Wildman–Crippen LogP) is 6.10. The number of anilines is 1. The van der Waals surface area contributed by atoms with Crippen molar-refractivity contribution in [2.75, 3.05) is 11.1 Å². The first-order valence-electron chi connectivity index (χ1n) is 9.10. The molecule has 1 heterocycles. The Balaban J connectivity index is 1.55. The number of nitrogens with one attached hydrogen (secondary N) is 1. The molecule has 1 amide bonds. The third kappa shape index (κ3) is 4.49. The van der Waals surface area contributed by atoms with E-state index in [0.29, 0.717) is 0 Å². The van der Waals surface area contributed by atoms with Crippen LogP contribution in [-0.2, 0) is 4.79 Å². The van der Waals surface area contributed by atoms with E-state index in [4.69, 9.17) is 0 Å². The number of aryl methyl sites for hydroxylation is 1. The van der Waals surface area contributed by atoms with E-state index >= 15 is 0 Å². The number of amides is 1. The highest BCUT2D eigenvalue weighted by molar-refractivity contribution is 9.10. The molecule has 0 atom stereocenters. The van der Waals surface area contributed by atoms with Gasteiger partial charge in [-0.15, -0.1) is 5.10 Å². The molecule has 0 unspecified atom stereocenters. The molecule has 0 bridgehead atoms. The van der Waals surface area contributed by atoms with Crippen LogP contribution in [0.5, 0.6) is 0 Å². The number of carbonyl (C=O) groups is 1. The van der Waals surface area contributed by atoms with Crippen LogP contribution in [0.2, 0.25) is 0 Å². The largest absolute Gasteiger partial charge is 0.324 e. The van der Waals surface area contributed by atoms with Crippen molar-refractivity contribution in [2.24, 2.45) is 0 Å². The molecule has 6 heteroatoms. The second-order valence-electron chi connectivity index (χ2n) is 6.60. The van der Waals surface area contributed by atoms with Crippen LogP contribution in [0.3, 0.4) is 0 Å². The van der Waals surface area contributed by atoms with Gasteiger partial charge in [-0.1, -0.05) is 60.3 Å². The lowest BCUT2D eigenvalue weighted by Crippen LogP contribution is -2.14. The van der Waals surface area contributed by atoms with Gasteiger partial charge < -0.3 is 5.32 Å². The van der Waals surface area contributed by atoms with E-state index in [-0.39, 0.29) is 11.7 Å². The van der Waals surface area contributed by atoms with Crippen LogP contribution in [0, 0.1) is 6.92 Å². The molecule has 0 aliphatic carbocycles. The Morgan fingerprint density at radius 1 is 1.03 bits per heavy atom. The lowest BCUT2D eigenvalue weighted by molar-refractivity contribution is -0.113. The van der Waals surface area contributed by atoms with Gasteiger partial charge in [-0.05, 0) is 63.0 Å². The fourth-order valence-electron chi connectivity index (χ4n) is 3.13. The molecule has 144 valence electrons. The predicted molar refractivity (Wildman–Crippen MR) is 123 cm³/mol. The number of fused-ring (bicyclic) bond motifs is 1. The number of benzene rings is 3. The molecule has 0 fully saturated rings. The maximum absolute atomic E-state index is 12.5. The number of nitrogens with zero attached hydrogens (tertiary/aromatic N) is 2. The van der Waals surface area contributed by atoms with Crippen LogP contribution in [0.25, 0.3) is 21.9 Å². The second kappa shape index (κ2) is 8.76. The average Bonchev–Trinajstić information content (AvgIpc) is 2.74. The minimum atomic E-state index is -0.0888. The fraction of sp³-hybridized carbons (Fsp3) is 0.0870. The molecular formula is C23H18BrN3OS. The lowest BCUT2D eigenvalue weighted by atomic mass is 10.00. The number of aromatic nitrogens is 2. The fourth-order valence-corrected chi connectivity index (χ4v) is 4.50. The summed E-state index contributed by atoms with van der Waals surface area (Å²) in [6.45, 7) is 2.01. The number of thioether (sulfide) groups is 1.